The Morgan fingerprint density at radius 2 is 2.21 bits per heavy atom. The van der Waals surface area contributed by atoms with Gasteiger partial charge in [0, 0.05) is 44.9 Å². The number of aryl methyl sites for hydroxylation is 2. The van der Waals surface area contributed by atoms with E-state index in [1.54, 1.807) is 0 Å². The number of anilines is 2. The highest BCUT2D eigenvalue weighted by atomic mass is 16.5. The molecule has 0 unspecified atom stereocenters. The van der Waals surface area contributed by atoms with Gasteiger partial charge in [-0.3, -0.25) is 5.10 Å². The van der Waals surface area contributed by atoms with Gasteiger partial charge in [0.15, 0.2) is 0 Å². The third kappa shape index (κ3) is 3.51. The summed E-state index contributed by atoms with van der Waals surface area (Å²) in [5.74, 6) is 1.97. The number of aromatic nitrogens is 4. The zero-order valence-corrected chi connectivity index (χ0v) is 14.9. The number of likely N-dealkylation sites (N-methyl/N-ethyl adjacent to an activating group) is 1. The van der Waals surface area contributed by atoms with Gasteiger partial charge in [-0.05, 0) is 32.3 Å². The molecule has 0 amide bonds. The molecule has 7 nitrogen and oxygen atoms in total. The minimum Gasteiger partial charge on any atom is -0.381 e. The molecule has 0 spiro atoms. The molecule has 0 radical (unpaired) electrons. The Hall–Kier alpha value is -2.15. The van der Waals surface area contributed by atoms with Crippen LogP contribution in [0, 0.1) is 13.8 Å². The van der Waals surface area contributed by atoms with Crippen molar-refractivity contribution in [2.24, 2.45) is 0 Å². The fourth-order valence-corrected chi connectivity index (χ4v) is 3.07. The molecule has 24 heavy (non-hydrogen) atoms. The highest BCUT2D eigenvalue weighted by Crippen LogP contribution is 2.27. The van der Waals surface area contributed by atoms with Crippen LogP contribution in [0.1, 0.15) is 35.0 Å². The standard InChI is InChI=1S/C17H26N6O/c1-11-14(12(2)22-21-11)5-7-23(4)16-9-15(13-6-8-24-10-13)19-17(18-3)20-16/h9,13H,5-8,10H2,1-4H3,(H,21,22)(H,18,19,20)/t13-/m0/s1. The molecule has 1 saturated heterocycles. The molecule has 0 aliphatic carbocycles. The number of rotatable bonds is 6. The molecule has 0 aromatic carbocycles. The van der Waals surface area contributed by atoms with Gasteiger partial charge in [0.25, 0.3) is 0 Å². The number of hydrogen-bond acceptors (Lipinski definition) is 6. The second kappa shape index (κ2) is 7.17. The quantitative estimate of drug-likeness (QED) is 0.844. The predicted molar refractivity (Wildman–Crippen MR) is 94.8 cm³/mol. The van der Waals surface area contributed by atoms with Crippen molar-refractivity contribution < 1.29 is 4.74 Å². The molecule has 2 aromatic heterocycles. The van der Waals surface area contributed by atoms with E-state index in [0.29, 0.717) is 11.9 Å². The molecule has 1 atom stereocenters. The lowest BCUT2D eigenvalue weighted by molar-refractivity contribution is 0.193. The SMILES string of the molecule is CNc1nc([C@H]2CCOC2)cc(N(C)CCc2c(C)n[nH]c2C)n1. The summed E-state index contributed by atoms with van der Waals surface area (Å²) >= 11 is 0. The van der Waals surface area contributed by atoms with Gasteiger partial charge in [-0.15, -0.1) is 0 Å². The number of nitrogens with one attached hydrogen (secondary N) is 2. The van der Waals surface area contributed by atoms with Gasteiger partial charge >= 0.3 is 0 Å². The molecule has 3 rings (SSSR count). The van der Waals surface area contributed by atoms with Gasteiger partial charge in [-0.25, -0.2) is 4.98 Å². The number of H-pyrrole nitrogens is 1. The Kier molecular flexibility index (Phi) is 4.99. The van der Waals surface area contributed by atoms with E-state index < -0.39 is 0 Å². The summed E-state index contributed by atoms with van der Waals surface area (Å²) in [6, 6.07) is 2.09. The first-order valence-corrected chi connectivity index (χ1v) is 8.44. The number of hydrogen-bond donors (Lipinski definition) is 2. The first-order chi connectivity index (χ1) is 11.6. The van der Waals surface area contributed by atoms with Crippen LogP contribution >= 0.6 is 0 Å². The third-order valence-corrected chi connectivity index (χ3v) is 4.67. The molecule has 0 saturated carbocycles. The molecule has 3 heterocycles. The van der Waals surface area contributed by atoms with Crippen LogP contribution in [0.2, 0.25) is 0 Å². The summed E-state index contributed by atoms with van der Waals surface area (Å²) in [5.41, 5.74) is 4.56. The average Bonchev–Trinajstić information content (AvgIpc) is 3.23. The fraction of sp³-hybridized carbons (Fsp3) is 0.588. The molecule has 0 bridgehead atoms. The first kappa shape index (κ1) is 16.7. The topological polar surface area (TPSA) is 79.0 Å². The molecule has 1 aliphatic heterocycles. The van der Waals surface area contributed by atoms with Gasteiger partial charge in [0.05, 0.1) is 18.0 Å². The molecule has 2 N–H and O–H groups in total. The van der Waals surface area contributed by atoms with Crippen LogP contribution in [-0.2, 0) is 11.2 Å². The number of ether oxygens (including phenoxy) is 1. The average molecular weight is 330 g/mol. The maximum absolute atomic E-state index is 5.50. The Balaban J connectivity index is 1.75. The Morgan fingerprint density at radius 1 is 1.38 bits per heavy atom. The van der Waals surface area contributed by atoms with Crippen LogP contribution in [-0.4, -0.2) is 54.0 Å². The van der Waals surface area contributed by atoms with Gasteiger partial charge in [-0.2, -0.15) is 10.1 Å². The van der Waals surface area contributed by atoms with Crippen LogP contribution in [0.4, 0.5) is 11.8 Å². The summed E-state index contributed by atoms with van der Waals surface area (Å²) in [4.78, 5) is 11.4. The third-order valence-electron chi connectivity index (χ3n) is 4.67. The second-order valence-electron chi connectivity index (χ2n) is 6.37. The molecule has 2 aromatic rings. The smallest absolute Gasteiger partial charge is 0.224 e. The van der Waals surface area contributed by atoms with E-state index >= 15 is 0 Å². The number of aromatic amines is 1. The highest BCUT2D eigenvalue weighted by molar-refractivity contribution is 5.45. The van der Waals surface area contributed by atoms with Crippen molar-refractivity contribution in [1.29, 1.82) is 0 Å². The van der Waals surface area contributed by atoms with Crippen LogP contribution < -0.4 is 10.2 Å². The maximum atomic E-state index is 5.50. The van der Waals surface area contributed by atoms with E-state index in [9.17, 15) is 0 Å². The summed E-state index contributed by atoms with van der Waals surface area (Å²) in [6.45, 7) is 6.55. The van der Waals surface area contributed by atoms with Crippen molar-refractivity contribution in [3.05, 3.63) is 28.7 Å². The zero-order chi connectivity index (χ0) is 17.1. The van der Waals surface area contributed by atoms with Crippen molar-refractivity contribution in [3.63, 3.8) is 0 Å². The lowest BCUT2D eigenvalue weighted by Gasteiger charge is -2.20. The zero-order valence-electron chi connectivity index (χ0n) is 14.9. The Labute approximate surface area is 142 Å². The first-order valence-electron chi connectivity index (χ1n) is 8.44. The lowest BCUT2D eigenvalue weighted by atomic mass is 10.0. The van der Waals surface area contributed by atoms with Gasteiger partial charge in [-0.1, -0.05) is 0 Å². The van der Waals surface area contributed by atoms with Crippen LogP contribution in [0.5, 0.6) is 0 Å². The fourth-order valence-electron chi connectivity index (χ4n) is 3.07. The molecule has 7 heteroatoms. The van der Waals surface area contributed by atoms with E-state index in [0.717, 1.165) is 55.5 Å². The van der Waals surface area contributed by atoms with E-state index in [4.69, 9.17) is 4.74 Å². The molecule has 1 fully saturated rings. The maximum Gasteiger partial charge on any atom is 0.224 e. The molecular weight excluding hydrogens is 304 g/mol. The normalized spacial score (nSPS) is 17.2. The minimum absolute atomic E-state index is 0.366. The molecular formula is C17H26N6O. The Morgan fingerprint density at radius 3 is 2.83 bits per heavy atom. The van der Waals surface area contributed by atoms with E-state index in [1.807, 2.05) is 14.0 Å². The number of nitrogens with zero attached hydrogens (tertiary/aromatic N) is 4. The second-order valence-corrected chi connectivity index (χ2v) is 6.37. The van der Waals surface area contributed by atoms with Gasteiger partial charge in [0.2, 0.25) is 5.95 Å². The molecule has 130 valence electrons. The van der Waals surface area contributed by atoms with Gasteiger partial charge in [0.1, 0.15) is 5.82 Å². The summed E-state index contributed by atoms with van der Waals surface area (Å²) in [5, 5.41) is 10.4. The van der Waals surface area contributed by atoms with Gasteiger partial charge < -0.3 is 15.0 Å². The van der Waals surface area contributed by atoms with Crippen molar-refractivity contribution in [3.8, 4) is 0 Å². The summed E-state index contributed by atoms with van der Waals surface area (Å²) in [6.07, 6.45) is 1.96. The van der Waals surface area contributed by atoms with Crippen LogP contribution in [0.3, 0.4) is 0 Å². The summed E-state index contributed by atoms with van der Waals surface area (Å²) < 4.78 is 5.50. The molecule has 1 aliphatic rings. The van der Waals surface area contributed by atoms with Crippen molar-refractivity contribution in [1.82, 2.24) is 20.2 Å². The van der Waals surface area contributed by atoms with E-state index in [1.165, 1.54) is 5.56 Å². The predicted octanol–water partition coefficient (Wildman–Crippen LogP) is 2.04. The largest absolute Gasteiger partial charge is 0.381 e. The van der Waals surface area contributed by atoms with Crippen LogP contribution in [0.25, 0.3) is 0 Å². The van der Waals surface area contributed by atoms with Crippen molar-refractivity contribution >= 4 is 11.8 Å². The van der Waals surface area contributed by atoms with E-state index in [2.05, 4.69) is 50.4 Å². The highest BCUT2D eigenvalue weighted by Gasteiger charge is 2.21. The Bertz CT molecular complexity index is 673. The monoisotopic (exact) mass is 330 g/mol. The van der Waals surface area contributed by atoms with Crippen molar-refractivity contribution in [2.75, 3.05) is 44.1 Å². The van der Waals surface area contributed by atoms with E-state index in [-0.39, 0.29) is 0 Å². The summed E-state index contributed by atoms with van der Waals surface area (Å²) in [7, 11) is 3.92. The van der Waals surface area contributed by atoms with Crippen molar-refractivity contribution in [2.45, 2.75) is 32.6 Å². The lowest BCUT2D eigenvalue weighted by Crippen LogP contribution is -2.23. The van der Waals surface area contributed by atoms with Crippen LogP contribution in [0.15, 0.2) is 6.07 Å². The minimum atomic E-state index is 0.366.